The van der Waals surface area contributed by atoms with Gasteiger partial charge in [-0.25, -0.2) is 4.79 Å². The number of esters is 1. The van der Waals surface area contributed by atoms with E-state index in [-0.39, 0.29) is 11.3 Å². The molecule has 0 heterocycles. The van der Waals surface area contributed by atoms with Crippen molar-refractivity contribution < 1.29 is 14.6 Å². The number of ether oxygens (including phenoxy) is 1. The first-order valence-electron chi connectivity index (χ1n) is 3.92. The highest BCUT2D eigenvalue weighted by Gasteiger charge is 2.14. The predicted molar refractivity (Wildman–Crippen MR) is 48.9 cm³/mol. The Morgan fingerprint density at radius 2 is 2.21 bits per heavy atom. The maximum Gasteiger partial charge on any atom is 0.338 e. The van der Waals surface area contributed by atoms with Gasteiger partial charge in [0.05, 0.1) is 18.2 Å². The summed E-state index contributed by atoms with van der Waals surface area (Å²) in [6.07, 6.45) is 0. The summed E-state index contributed by atoms with van der Waals surface area (Å²) in [5.41, 5.74) is 0.828. The van der Waals surface area contributed by atoms with Crippen LogP contribution in [0.2, 0.25) is 0 Å². The Morgan fingerprint density at radius 1 is 1.57 bits per heavy atom. The van der Waals surface area contributed by atoms with E-state index in [1.54, 1.807) is 6.92 Å². The Kier molecular flexibility index (Phi) is 2.73. The first-order valence-corrected chi connectivity index (χ1v) is 3.92. The average molecular weight is 191 g/mol. The number of methoxy groups -OCH3 is 1. The molecule has 72 valence electrons. The molecule has 0 bridgehead atoms. The molecule has 0 aromatic heterocycles. The molecule has 4 nitrogen and oxygen atoms in total. The lowest BCUT2D eigenvalue weighted by Crippen LogP contribution is -2.04. The minimum absolute atomic E-state index is 0.105. The van der Waals surface area contributed by atoms with Crippen molar-refractivity contribution >= 4 is 5.97 Å². The summed E-state index contributed by atoms with van der Waals surface area (Å²) >= 11 is 0. The van der Waals surface area contributed by atoms with E-state index in [9.17, 15) is 9.90 Å². The number of hydrogen-bond donors (Lipinski definition) is 1. The summed E-state index contributed by atoms with van der Waals surface area (Å²) in [6.45, 7) is 1.59. The van der Waals surface area contributed by atoms with Crippen LogP contribution in [0.25, 0.3) is 0 Å². The van der Waals surface area contributed by atoms with Crippen LogP contribution in [0.1, 0.15) is 21.5 Å². The second kappa shape index (κ2) is 3.79. The summed E-state index contributed by atoms with van der Waals surface area (Å²) in [7, 11) is 1.26. The number of rotatable bonds is 1. The van der Waals surface area contributed by atoms with Crippen LogP contribution >= 0.6 is 0 Å². The van der Waals surface area contributed by atoms with Crippen LogP contribution in [0.4, 0.5) is 0 Å². The molecule has 0 saturated carbocycles. The Labute approximate surface area is 81.4 Å². The summed E-state index contributed by atoms with van der Waals surface area (Å²) in [5, 5.41) is 18.0. The molecule has 1 rings (SSSR count). The number of aromatic hydroxyl groups is 1. The van der Waals surface area contributed by atoms with E-state index in [4.69, 9.17) is 5.26 Å². The fourth-order valence-electron chi connectivity index (χ4n) is 1.17. The van der Waals surface area contributed by atoms with Gasteiger partial charge in [0.2, 0.25) is 0 Å². The smallest absolute Gasteiger partial charge is 0.338 e. The molecule has 14 heavy (non-hydrogen) atoms. The molecule has 0 aliphatic rings. The molecular weight excluding hydrogens is 182 g/mol. The van der Waals surface area contributed by atoms with Crippen molar-refractivity contribution in [2.75, 3.05) is 7.11 Å². The first kappa shape index (κ1) is 10.1. The van der Waals surface area contributed by atoms with Crippen molar-refractivity contribution in [3.63, 3.8) is 0 Å². The number of carbonyl (C=O) groups excluding carboxylic acids is 1. The van der Waals surface area contributed by atoms with Crippen molar-refractivity contribution in [3.8, 4) is 11.8 Å². The maximum absolute atomic E-state index is 11.2. The Hall–Kier alpha value is -2.02. The van der Waals surface area contributed by atoms with Crippen molar-refractivity contribution in [3.05, 3.63) is 28.8 Å². The first-order chi connectivity index (χ1) is 6.61. The van der Waals surface area contributed by atoms with Crippen LogP contribution in [0.3, 0.4) is 0 Å². The second-order valence-corrected chi connectivity index (χ2v) is 2.74. The number of nitrogens with zero attached hydrogens (tertiary/aromatic N) is 1. The van der Waals surface area contributed by atoms with E-state index < -0.39 is 5.97 Å². The third-order valence-electron chi connectivity index (χ3n) is 1.96. The minimum Gasteiger partial charge on any atom is -0.507 e. The van der Waals surface area contributed by atoms with E-state index in [1.807, 2.05) is 6.07 Å². The fraction of sp³-hybridized carbons (Fsp3) is 0.200. The quantitative estimate of drug-likeness (QED) is 0.680. The summed E-state index contributed by atoms with van der Waals surface area (Å²) in [4.78, 5) is 11.2. The number of phenols is 1. The van der Waals surface area contributed by atoms with Crippen LogP contribution in [0, 0.1) is 18.3 Å². The van der Waals surface area contributed by atoms with Crippen LogP contribution < -0.4 is 0 Å². The summed E-state index contributed by atoms with van der Waals surface area (Å²) in [5.74, 6) is -0.642. The number of carbonyl (C=O) groups is 1. The molecule has 0 amide bonds. The molecule has 1 aromatic carbocycles. The fourth-order valence-corrected chi connectivity index (χ4v) is 1.17. The molecular formula is C10H9NO3. The molecule has 4 heteroatoms. The standard InChI is InChI=1S/C10H9NO3/c1-6-7(10(13)14-2)3-4-9(12)8(6)5-11/h3-4,12H,1-2H3. The highest BCUT2D eigenvalue weighted by molar-refractivity contribution is 5.92. The molecule has 0 spiro atoms. The van der Waals surface area contributed by atoms with Gasteiger partial charge in [-0.3, -0.25) is 0 Å². The highest BCUT2D eigenvalue weighted by Crippen LogP contribution is 2.23. The molecule has 0 saturated heterocycles. The van der Waals surface area contributed by atoms with Crippen LogP contribution in [0.15, 0.2) is 12.1 Å². The zero-order chi connectivity index (χ0) is 10.7. The van der Waals surface area contributed by atoms with Gasteiger partial charge in [0.15, 0.2) is 0 Å². The van der Waals surface area contributed by atoms with E-state index in [0.717, 1.165) is 0 Å². The Morgan fingerprint density at radius 3 is 2.71 bits per heavy atom. The number of phenolic OH excluding ortho intramolecular Hbond substituents is 1. The van der Waals surface area contributed by atoms with E-state index in [0.29, 0.717) is 11.1 Å². The summed E-state index contributed by atoms with van der Waals surface area (Å²) in [6, 6.07) is 4.56. The Bertz CT molecular complexity index is 418. The number of nitriles is 1. The molecule has 0 aliphatic heterocycles. The average Bonchev–Trinajstić information content (AvgIpc) is 2.18. The molecule has 1 aromatic rings. The van der Waals surface area contributed by atoms with E-state index in [2.05, 4.69) is 4.74 Å². The van der Waals surface area contributed by atoms with Gasteiger partial charge in [-0.15, -0.1) is 0 Å². The van der Waals surface area contributed by atoms with Crippen molar-refractivity contribution in [2.24, 2.45) is 0 Å². The lowest BCUT2D eigenvalue weighted by molar-refractivity contribution is 0.0600. The summed E-state index contributed by atoms with van der Waals surface area (Å²) < 4.78 is 4.53. The van der Waals surface area contributed by atoms with Gasteiger partial charge in [-0.05, 0) is 24.6 Å². The normalized spacial score (nSPS) is 9.21. The molecule has 0 unspecified atom stereocenters. The third-order valence-corrected chi connectivity index (χ3v) is 1.96. The van der Waals surface area contributed by atoms with E-state index in [1.165, 1.54) is 19.2 Å². The molecule has 0 fully saturated rings. The minimum atomic E-state index is -0.515. The maximum atomic E-state index is 11.2. The van der Waals surface area contributed by atoms with Crippen LogP contribution in [0.5, 0.6) is 5.75 Å². The Balaban J connectivity index is 3.37. The van der Waals surface area contributed by atoms with Gasteiger partial charge in [-0.2, -0.15) is 5.26 Å². The van der Waals surface area contributed by atoms with Gasteiger partial charge in [0, 0.05) is 0 Å². The lowest BCUT2D eigenvalue weighted by atomic mass is 10.0. The zero-order valence-electron chi connectivity index (χ0n) is 7.87. The SMILES string of the molecule is COC(=O)c1ccc(O)c(C#N)c1C. The van der Waals surface area contributed by atoms with Gasteiger partial charge in [0.25, 0.3) is 0 Å². The van der Waals surface area contributed by atoms with Gasteiger partial charge in [-0.1, -0.05) is 0 Å². The largest absolute Gasteiger partial charge is 0.507 e. The van der Waals surface area contributed by atoms with Crippen LogP contribution in [-0.2, 0) is 4.74 Å². The van der Waals surface area contributed by atoms with E-state index >= 15 is 0 Å². The highest BCUT2D eigenvalue weighted by atomic mass is 16.5. The lowest BCUT2D eigenvalue weighted by Gasteiger charge is -2.06. The monoisotopic (exact) mass is 191 g/mol. The number of benzene rings is 1. The van der Waals surface area contributed by atoms with Crippen LogP contribution in [-0.4, -0.2) is 18.2 Å². The molecule has 1 N–H and O–H groups in total. The van der Waals surface area contributed by atoms with Gasteiger partial charge in [0.1, 0.15) is 11.8 Å². The topological polar surface area (TPSA) is 70.3 Å². The van der Waals surface area contributed by atoms with Gasteiger partial charge >= 0.3 is 5.97 Å². The van der Waals surface area contributed by atoms with Crippen molar-refractivity contribution in [2.45, 2.75) is 6.92 Å². The number of hydrogen-bond acceptors (Lipinski definition) is 4. The van der Waals surface area contributed by atoms with Gasteiger partial charge < -0.3 is 9.84 Å². The molecule has 0 radical (unpaired) electrons. The zero-order valence-corrected chi connectivity index (χ0v) is 7.87. The second-order valence-electron chi connectivity index (χ2n) is 2.74. The third kappa shape index (κ3) is 1.52. The van der Waals surface area contributed by atoms with Crippen molar-refractivity contribution in [1.29, 1.82) is 5.26 Å². The molecule has 0 aliphatic carbocycles. The molecule has 0 atom stereocenters. The predicted octanol–water partition coefficient (Wildman–Crippen LogP) is 1.36. The van der Waals surface area contributed by atoms with Crippen molar-refractivity contribution in [1.82, 2.24) is 0 Å².